The van der Waals surface area contributed by atoms with E-state index >= 15 is 0 Å². The first-order valence-corrected chi connectivity index (χ1v) is 10.3. The van der Waals surface area contributed by atoms with Gasteiger partial charge in [0.25, 0.3) is 5.56 Å². The Morgan fingerprint density at radius 2 is 1.86 bits per heavy atom. The second-order valence-electron chi connectivity index (χ2n) is 7.19. The molecule has 8 nitrogen and oxygen atoms in total. The molecule has 2 aromatic heterocycles. The van der Waals surface area contributed by atoms with Crippen LogP contribution in [0.2, 0.25) is 0 Å². The molecule has 152 valence electrons. The summed E-state index contributed by atoms with van der Waals surface area (Å²) in [5.41, 5.74) is 1.20. The standard InChI is InChI=1S/C20H23BrN6O2/c1-3-8-27-16-17(24(2)20(29)23-18(16)28)22-19(27)26-11-9-25(10-12-26)13-14-4-6-15(21)7-5-14/h3-7H,1,8-13H2,2H3,(H,23,28,29). The van der Waals surface area contributed by atoms with Gasteiger partial charge in [-0.25, -0.2) is 4.79 Å². The molecule has 0 amide bonds. The number of hydrogen-bond donors (Lipinski definition) is 1. The smallest absolute Gasteiger partial charge is 0.329 e. The minimum Gasteiger partial charge on any atom is -0.340 e. The van der Waals surface area contributed by atoms with E-state index in [0.29, 0.717) is 23.7 Å². The van der Waals surface area contributed by atoms with Gasteiger partial charge in [-0.15, -0.1) is 6.58 Å². The first kappa shape index (κ1) is 19.7. The molecule has 0 radical (unpaired) electrons. The molecular weight excluding hydrogens is 436 g/mol. The number of imidazole rings is 1. The lowest BCUT2D eigenvalue weighted by atomic mass is 10.2. The summed E-state index contributed by atoms with van der Waals surface area (Å²) in [6.45, 7) is 8.53. The van der Waals surface area contributed by atoms with Crippen LogP contribution in [0.15, 0.2) is 51.0 Å². The highest BCUT2D eigenvalue weighted by Gasteiger charge is 2.24. The van der Waals surface area contributed by atoms with Crippen molar-refractivity contribution < 1.29 is 0 Å². The monoisotopic (exact) mass is 458 g/mol. The maximum absolute atomic E-state index is 12.4. The van der Waals surface area contributed by atoms with E-state index in [1.165, 1.54) is 10.1 Å². The Kier molecular flexibility index (Phi) is 5.42. The molecule has 29 heavy (non-hydrogen) atoms. The molecule has 1 aromatic carbocycles. The number of aromatic nitrogens is 4. The van der Waals surface area contributed by atoms with Crippen molar-refractivity contribution in [3.63, 3.8) is 0 Å². The highest BCUT2D eigenvalue weighted by Crippen LogP contribution is 2.21. The predicted octanol–water partition coefficient (Wildman–Crippen LogP) is 1.69. The van der Waals surface area contributed by atoms with Crippen LogP contribution in [0, 0.1) is 0 Å². The molecule has 1 aliphatic rings. The van der Waals surface area contributed by atoms with Gasteiger partial charge in [0.05, 0.1) is 0 Å². The van der Waals surface area contributed by atoms with Gasteiger partial charge in [-0.2, -0.15) is 4.98 Å². The van der Waals surface area contributed by atoms with E-state index in [2.05, 4.69) is 66.5 Å². The van der Waals surface area contributed by atoms with Crippen molar-refractivity contribution in [2.45, 2.75) is 13.1 Å². The summed E-state index contributed by atoms with van der Waals surface area (Å²) in [7, 11) is 1.62. The first-order valence-electron chi connectivity index (χ1n) is 9.50. The Morgan fingerprint density at radius 3 is 2.52 bits per heavy atom. The Labute approximate surface area is 176 Å². The summed E-state index contributed by atoms with van der Waals surface area (Å²) in [6.07, 6.45) is 1.74. The Bertz CT molecular complexity index is 1150. The van der Waals surface area contributed by atoms with Gasteiger partial charge in [-0.3, -0.25) is 19.2 Å². The van der Waals surface area contributed by atoms with Gasteiger partial charge in [-0.1, -0.05) is 34.1 Å². The van der Waals surface area contributed by atoms with Crippen LogP contribution in [-0.2, 0) is 20.1 Å². The summed E-state index contributed by atoms with van der Waals surface area (Å²) in [5.74, 6) is 0.704. The normalized spacial score (nSPS) is 15.2. The van der Waals surface area contributed by atoms with Crippen molar-refractivity contribution in [1.82, 2.24) is 24.0 Å². The minimum atomic E-state index is -0.461. The summed E-state index contributed by atoms with van der Waals surface area (Å²) in [6, 6.07) is 8.38. The number of nitrogens with one attached hydrogen (secondary N) is 1. The Morgan fingerprint density at radius 1 is 1.17 bits per heavy atom. The summed E-state index contributed by atoms with van der Waals surface area (Å²) >= 11 is 3.47. The number of aryl methyl sites for hydroxylation is 1. The third-order valence-electron chi connectivity index (χ3n) is 5.27. The van der Waals surface area contributed by atoms with Crippen molar-refractivity contribution in [2.24, 2.45) is 7.05 Å². The van der Waals surface area contributed by atoms with Gasteiger partial charge in [-0.05, 0) is 17.7 Å². The highest BCUT2D eigenvalue weighted by atomic mass is 79.9. The maximum Gasteiger partial charge on any atom is 0.329 e. The van der Waals surface area contributed by atoms with Crippen LogP contribution in [0.25, 0.3) is 11.2 Å². The van der Waals surface area contributed by atoms with E-state index in [1.807, 2.05) is 4.57 Å². The lowest BCUT2D eigenvalue weighted by Crippen LogP contribution is -2.46. The van der Waals surface area contributed by atoms with Crippen LogP contribution < -0.4 is 16.1 Å². The van der Waals surface area contributed by atoms with E-state index in [0.717, 1.165) is 37.2 Å². The van der Waals surface area contributed by atoms with Gasteiger partial charge in [0.1, 0.15) is 0 Å². The topological polar surface area (TPSA) is 79.2 Å². The van der Waals surface area contributed by atoms with Gasteiger partial charge >= 0.3 is 5.69 Å². The number of H-pyrrole nitrogens is 1. The van der Waals surface area contributed by atoms with Crippen molar-refractivity contribution >= 4 is 33.0 Å². The number of anilines is 1. The fraction of sp³-hybridized carbons (Fsp3) is 0.350. The SMILES string of the molecule is C=CCn1c(N2CCN(Cc3ccc(Br)cc3)CC2)nc2c1c(=O)[nH]c(=O)n2C. The number of fused-ring (bicyclic) bond motifs is 1. The lowest BCUT2D eigenvalue weighted by Gasteiger charge is -2.35. The van der Waals surface area contributed by atoms with E-state index in [1.54, 1.807) is 13.1 Å². The number of piperazine rings is 1. The minimum absolute atomic E-state index is 0.396. The number of aromatic amines is 1. The average Bonchev–Trinajstić information content (AvgIpc) is 3.09. The second-order valence-corrected chi connectivity index (χ2v) is 8.11. The lowest BCUT2D eigenvalue weighted by molar-refractivity contribution is 0.248. The van der Waals surface area contributed by atoms with Gasteiger partial charge in [0.15, 0.2) is 11.2 Å². The largest absolute Gasteiger partial charge is 0.340 e. The molecule has 1 saturated heterocycles. The molecule has 0 unspecified atom stereocenters. The molecule has 4 rings (SSSR count). The Hall–Kier alpha value is -2.65. The summed E-state index contributed by atoms with van der Waals surface area (Å²) in [5, 5.41) is 0. The van der Waals surface area contributed by atoms with Gasteiger partial charge in [0, 0.05) is 50.8 Å². The van der Waals surface area contributed by atoms with E-state index in [9.17, 15) is 9.59 Å². The molecule has 0 spiro atoms. The Balaban J connectivity index is 1.58. The summed E-state index contributed by atoms with van der Waals surface area (Å²) < 4.78 is 4.30. The van der Waals surface area contributed by atoms with E-state index in [-0.39, 0.29) is 0 Å². The van der Waals surface area contributed by atoms with Crippen LogP contribution in [-0.4, -0.2) is 50.2 Å². The molecule has 3 aromatic rings. The van der Waals surface area contributed by atoms with Gasteiger partial charge < -0.3 is 9.47 Å². The van der Waals surface area contributed by atoms with Crippen molar-refractivity contribution in [2.75, 3.05) is 31.1 Å². The van der Waals surface area contributed by atoms with Crippen molar-refractivity contribution in [3.8, 4) is 0 Å². The van der Waals surface area contributed by atoms with Crippen LogP contribution in [0.5, 0.6) is 0 Å². The van der Waals surface area contributed by atoms with E-state index in [4.69, 9.17) is 0 Å². The number of rotatable bonds is 5. The van der Waals surface area contributed by atoms with Crippen LogP contribution in [0.1, 0.15) is 5.56 Å². The first-order chi connectivity index (χ1) is 14.0. The van der Waals surface area contributed by atoms with Crippen LogP contribution >= 0.6 is 15.9 Å². The zero-order chi connectivity index (χ0) is 20.5. The third kappa shape index (κ3) is 3.79. The predicted molar refractivity (Wildman–Crippen MR) is 117 cm³/mol. The summed E-state index contributed by atoms with van der Waals surface area (Å²) in [4.78, 5) is 36.0. The molecule has 1 aliphatic heterocycles. The number of halogens is 1. The highest BCUT2D eigenvalue weighted by molar-refractivity contribution is 9.10. The number of hydrogen-bond acceptors (Lipinski definition) is 5. The van der Waals surface area contributed by atoms with Crippen molar-refractivity contribution in [3.05, 3.63) is 67.8 Å². The molecule has 1 fully saturated rings. The van der Waals surface area contributed by atoms with Crippen molar-refractivity contribution in [1.29, 1.82) is 0 Å². The quantitative estimate of drug-likeness (QED) is 0.588. The van der Waals surface area contributed by atoms with Gasteiger partial charge in [0.2, 0.25) is 5.95 Å². The van der Waals surface area contributed by atoms with E-state index < -0.39 is 11.2 Å². The molecular formula is C20H23BrN6O2. The molecule has 0 saturated carbocycles. The maximum atomic E-state index is 12.4. The average molecular weight is 459 g/mol. The zero-order valence-corrected chi connectivity index (χ0v) is 17.9. The van der Waals surface area contributed by atoms with Crippen LogP contribution in [0.3, 0.4) is 0 Å². The molecule has 3 heterocycles. The molecule has 1 N–H and O–H groups in total. The molecule has 9 heteroatoms. The fourth-order valence-electron chi connectivity index (χ4n) is 3.72. The zero-order valence-electron chi connectivity index (χ0n) is 16.3. The number of nitrogens with zero attached hydrogens (tertiary/aromatic N) is 5. The molecule has 0 atom stereocenters. The molecule has 0 bridgehead atoms. The third-order valence-corrected chi connectivity index (χ3v) is 5.80. The second kappa shape index (κ2) is 8.00. The fourth-order valence-corrected chi connectivity index (χ4v) is 3.98. The number of allylic oxidation sites excluding steroid dienone is 1. The van der Waals surface area contributed by atoms with Crippen LogP contribution in [0.4, 0.5) is 5.95 Å². The molecule has 0 aliphatic carbocycles. The number of benzene rings is 1.